The third-order valence-electron chi connectivity index (χ3n) is 7.53. The van der Waals surface area contributed by atoms with Crippen molar-refractivity contribution in [3.8, 4) is 0 Å². The van der Waals surface area contributed by atoms with Gasteiger partial charge in [-0.05, 0) is 47.9 Å². The summed E-state index contributed by atoms with van der Waals surface area (Å²) in [5.41, 5.74) is 4.04. The van der Waals surface area contributed by atoms with Gasteiger partial charge in [0.15, 0.2) is 0 Å². The van der Waals surface area contributed by atoms with Crippen molar-refractivity contribution in [1.82, 2.24) is 25.2 Å². The summed E-state index contributed by atoms with van der Waals surface area (Å²) in [6.45, 7) is 3.45. The number of nitrogens with zero attached hydrogens (tertiary/aromatic N) is 4. The minimum atomic E-state index is -0.448. The molecule has 188 valence electrons. The van der Waals surface area contributed by atoms with Crippen molar-refractivity contribution in [2.45, 2.75) is 18.4 Å². The van der Waals surface area contributed by atoms with Crippen LogP contribution in [0, 0.1) is 5.82 Å². The van der Waals surface area contributed by atoms with Crippen LogP contribution in [0.1, 0.15) is 45.8 Å². The molecule has 2 aromatic carbocycles. The van der Waals surface area contributed by atoms with Crippen LogP contribution in [0.15, 0.2) is 65.6 Å². The maximum atomic E-state index is 13.7. The Kier molecular flexibility index (Phi) is 5.92. The summed E-state index contributed by atoms with van der Waals surface area (Å²) in [5.74, 6) is -0.0563. The van der Waals surface area contributed by atoms with E-state index in [1.807, 2.05) is 12.1 Å². The first-order valence-corrected chi connectivity index (χ1v) is 12.5. The highest BCUT2D eigenvalue weighted by atomic mass is 19.1. The fourth-order valence-electron chi connectivity index (χ4n) is 5.63. The van der Waals surface area contributed by atoms with Crippen LogP contribution in [-0.4, -0.2) is 59.0 Å². The highest BCUT2D eigenvalue weighted by Gasteiger charge is 2.37. The van der Waals surface area contributed by atoms with Crippen molar-refractivity contribution < 1.29 is 9.18 Å². The van der Waals surface area contributed by atoms with Crippen molar-refractivity contribution in [3.05, 3.63) is 99.6 Å². The zero-order chi connectivity index (χ0) is 25.5. The van der Waals surface area contributed by atoms with Gasteiger partial charge in [-0.15, -0.1) is 0 Å². The lowest BCUT2D eigenvalue weighted by Gasteiger charge is -2.39. The fraction of sp³-hybridized carbons (Fsp3) is 0.286. The fourth-order valence-corrected chi connectivity index (χ4v) is 5.63. The summed E-state index contributed by atoms with van der Waals surface area (Å²) in [6, 6.07) is 16.4. The molecule has 1 saturated heterocycles. The summed E-state index contributed by atoms with van der Waals surface area (Å²) in [6.07, 6.45) is 2.58. The second-order valence-corrected chi connectivity index (χ2v) is 9.55. The molecule has 37 heavy (non-hydrogen) atoms. The number of anilines is 1. The quantitative estimate of drug-likeness (QED) is 0.449. The largest absolute Gasteiger partial charge is 0.368 e. The standard InChI is InChI=1S/C28H27FN6O2/c1-30-28(37)24-9-7-18(16-31-24)34-10-12-35(13-11-34)25-15-21(19-4-2-3-5-20(19)25)26-32-23-8-6-17(29)14-22(23)27(36)33-26/h2-9,14,16,21,25H,10-13,15H2,1H3,(H,30,37)(H,32,33,36). The van der Waals surface area contributed by atoms with Gasteiger partial charge in [-0.2, -0.15) is 0 Å². The maximum Gasteiger partial charge on any atom is 0.269 e. The number of piperazine rings is 1. The molecule has 2 aliphatic rings. The van der Waals surface area contributed by atoms with Crippen molar-refractivity contribution >= 4 is 22.5 Å². The van der Waals surface area contributed by atoms with Gasteiger partial charge in [-0.3, -0.25) is 14.5 Å². The number of rotatable bonds is 4. The molecule has 1 aliphatic heterocycles. The molecule has 6 rings (SSSR count). The Morgan fingerprint density at radius 2 is 1.84 bits per heavy atom. The Morgan fingerprint density at radius 1 is 1.05 bits per heavy atom. The van der Waals surface area contributed by atoms with Crippen LogP contribution in [-0.2, 0) is 0 Å². The summed E-state index contributed by atoms with van der Waals surface area (Å²) >= 11 is 0. The number of carbonyl (C=O) groups excluding carboxylic acids is 1. The molecule has 2 unspecified atom stereocenters. The zero-order valence-electron chi connectivity index (χ0n) is 20.4. The molecular formula is C28H27FN6O2. The number of fused-ring (bicyclic) bond motifs is 2. The molecule has 2 N–H and O–H groups in total. The number of pyridine rings is 1. The van der Waals surface area contributed by atoms with Crippen LogP contribution in [0.3, 0.4) is 0 Å². The molecule has 1 aliphatic carbocycles. The van der Waals surface area contributed by atoms with Gasteiger partial charge in [0, 0.05) is 45.2 Å². The van der Waals surface area contributed by atoms with Gasteiger partial charge in [0.2, 0.25) is 0 Å². The number of aromatic nitrogens is 3. The molecule has 1 fully saturated rings. The van der Waals surface area contributed by atoms with Crippen LogP contribution in [0.5, 0.6) is 0 Å². The van der Waals surface area contributed by atoms with Gasteiger partial charge >= 0.3 is 0 Å². The number of amides is 1. The Bertz CT molecular complexity index is 1530. The number of H-pyrrole nitrogens is 1. The van der Waals surface area contributed by atoms with Crippen molar-refractivity contribution in [2.24, 2.45) is 0 Å². The van der Waals surface area contributed by atoms with Crippen LogP contribution in [0.2, 0.25) is 0 Å². The van der Waals surface area contributed by atoms with Crippen LogP contribution >= 0.6 is 0 Å². The molecule has 0 radical (unpaired) electrons. The van der Waals surface area contributed by atoms with E-state index in [1.54, 1.807) is 25.4 Å². The highest BCUT2D eigenvalue weighted by molar-refractivity contribution is 5.92. The molecular weight excluding hydrogens is 471 g/mol. The molecule has 2 atom stereocenters. The number of carbonyl (C=O) groups is 1. The SMILES string of the molecule is CNC(=O)c1ccc(N2CCN(C3CC(c4nc5ccc(F)cc5c(=O)[nH]4)c4ccccc43)CC2)cn1. The number of benzene rings is 2. The van der Waals surface area contributed by atoms with Crippen LogP contribution < -0.4 is 15.8 Å². The monoisotopic (exact) mass is 498 g/mol. The third kappa shape index (κ3) is 4.25. The highest BCUT2D eigenvalue weighted by Crippen LogP contribution is 2.46. The van der Waals surface area contributed by atoms with Gasteiger partial charge in [0.1, 0.15) is 17.3 Å². The summed E-state index contributed by atoms with van der Waals surface area (Å²) < 4.78 is 13.7. The minimum absolute atomic E-state index is 0.0390. The Morgan fingerprint density at radius 3 is 2.57 bits per heavy atom. The molecule has 1 amide bonds. The van der Waals surface area contributed by atoms with E-state index in [0.717, 1.165) is 38.3 Å². The van der Waals surface area contributed by atoms with E-state index >= 15 is 0 Å². The molecule has 0 bridgehead atoms. The lowest BCUT2D eigenvalue weighted by molar-refractivity contribution is 0.0958. The van der Waals surface area contributed by atoms with Crippen molar-refractivity contribution in [3.63, 3.8) is 0 Å². The third-order valence-corrected chi connectivity index (χ3v) is 7.53. The summed E-state index contributed by atoms with van der Waals surface area (Å²) in [4.78, 5) is 41.3. The van der Waals surface area contributed by atoms with E-state index in [9.17, 15) is 14.0 Å². The summed E-state index contributed by atoms with van der Waals surface area (Å²) in [7, 11) is 1.59. The van der Waals surface area contributed by atoms with Crippen LogP contribution in [0.4, 0.5) is 10.1 Å². The minimum Gasteiger partial charge on any atom is -0.368 e. The molecule has 0 spiro atoms. The van der Waals surface area contributed by atoms with E-state index in [4.69, 9.17) is 4.98 Å². The molecule has 2 aromatic heterocycles. The molecule has 8 nitrogen and oxygen atoms in total. The Hall–Kier alpha value is -4.11. The maximum absolute atomic E-state index is 13.7. The van der Waals surface area contributed by atoms with Crippen molar-refractivity contribution in [2.75, 3.05) is 38.1 Å². The zero-order valence-corrected chi connectivity index (χ0v) is 20.4. The Labute approximate surface area is 213 Å². The normalized spacial score (nSPS) is 19.7. The first kappa shape index (κ1) is 23.3. The summed E-state index contributed by atoms with van der Waals surface area (Å²) in [5, 5.41) is 2.86. The lowest BCUT2D eigenvalue weighted by Crippen LogP contribution is -2.47. The van der Waals surface area contributed by atoms with Gasteiger partial charge in [0.05, 0.1) is 22.8 Å². The van der Waals surface area contributed by atoms with Gasteiger partial charge < -0.3 is 15.2 Å². The number of nitrogens with one attached hydrogen (secondary N) is 2. The number of halogens is 1. The number of hydrogen-bond acceptors (Lipinski definition) is 6. The van der Waals surface area contributed by atoms with Gasteiger partial charge in [-0.1, -0.05) is 24.3 Å². The van der Waals surface area contributed by atoms with Crippen LogP contribution in [0.25, 0.3) is 10.9 Å². The lowest BCUT2D eigenvalue weighted by atomic mass is 10.0. The van der Waals surface area contributed by atoms with Crippen molar-refractivity contribution in [1.29, 1.82) is 0 Å². The number of hydrogen-bond donors (Lipinski definition) is 2. The second-order valence-electron chi connectivity index (χ2n) is 9.55. The van der Waals surface area contributed by atoms with E-state index in [0.29, 0.717) is 17.0 Å². The smallest absolute Gasteiger partial charge is 0.269 e. The average molecular weight is 499 g/mol. The molecule has 0 saturated carbocycles. The van der Waals surface area contributed by atoms with E-state index in [1.165, 1.54) is 23.3 Å². The van der Waals surface area contributed by atoms with Gasteiger partial charge in [0.25, 0.3) is 11.5 Å². The first-order valence-electron chi connectivity index (χ1n) is 12.5. The number of aromatic amines is 1. The first-order chi connectivity index (χ1) is 18.0. The van der Waals surface area contributed by atoms with E-state index < -0.39 is 5.82 Å². The average Bonchev–Trinajstić information content (AvgIpc) is 3.33. The topological polar surface area (TPSA) is 94.2 Å². The van der Waals surface area contributed by atoms with E-state index in [-0.39, 0.29) is 28.8 Å². The predicted octanol–water partition coefficient (Wildman–Crippen LogP) is 3.22. The second kappa shape index (κ2) is 9.40. The predicted molar refractivity (Wildman–Crippen MR) is 139 cm³/mol. The molecule has 4 aromatic rings. The van der Waals surface area contributed by atoms with E-state index in [2.05, 4.69) is 43.3 Å². The molecule has 3 heterocycles. The van der Waals surface area contributed by atoms with Gasteiger partial charge in [-0.25, -0.2) is 14.4 Å². The molecule has 9 heteroatoms. The Balaban J connectivity index is 1.22.